The van der Waals surface area contributed by atoms with Crippen LogP contribution in [-0.4, -0.2) is 26.8 Å². The number of aryl methyl sites for hydroxylation is 1. The highest BCUT2D eigenvalue weighted by atomic mass is 19.1. The van der Waals surface area contributed by atoms with Crippen LogP contribution in [-0.2, 0) is 22.7 Å². The lowest BCUT2D eigenvalue weighted by atomic mass is 9.98. The fourth-order valence-electron chi connectivity index (χ4n) is 4.25. The van der Waals surface area contributed by atoms with Crippen LogP contribution in [0, 0.1) is 12.7 Å². The van der Waals surface area contributed by atoms with E-state index >= 15 is 0 Å². The molecule has 9 heteroatoms. The first-order valence-electron chi connectivity index (χ1n) is 11.7. The van der Waals surface area contributed by atoms with Crippen molar-refractivity contribution >= 4 is 28.5 Å². The molecule has 0 radical (unpaired) electrons. The lowest BCUT2D eigenvalue weighted by Gasteiger charge is -2.32. The number of aromatic nitrogens is 3. The van der Waals surface area contributed by atoms with E-state index in [1.54, 1.807) is 24.3 Å². The standard InChI is InChI=1S/C28H24FN5O3/c1-19-7-2-3-9-23(19)27(28(36)30-17-22-8-6-16-37-22)34(21-14-12-20(29)13-15-21)26(35)18-33-25-11-5-4-10-24(25)31-32-33/h2-16,27H,17-18H2,1H3,(H,30,36). The van der Waals surface area contributed by atoms with E-state index < -0.39 is 23.7 Å². The summed E-state index contributed by atoms with van der Waals surface area (Å²) in [6.07, 6.45) is 1.52. The largest absolute Gasteiger partial charge is 0.467 e. The van der Waals surface area contributed by atoms with Crippen molar-refractivity contribution in [3.63, 3.8) is 0 Å². The van der Waals surface area contributed by atoms with Crippen LogP contribution in [0.5, 0.6) is 0 Å². The molecule has 5 rings (SSSR count). The molecule has 5 aromatic rings. The van der Waals surface area contributed by atoms with Gasteiger partial charge in [0, 0.05) is 5.69 Å². The van der Waals surface area contributed by atoms with E-state index in [9.17, 15) is 14.0 Å². The molecule has 1 unspecified atom stereocenters. The van der Waals surface area contributed by atoms with Gasteiger partial charge in [0.15, 0.2) is 0 Å². The van der Waals surface area contributed by atoms with Crippen LogP contribution in [0.4, 0.5) is 10.1 Å². The van der Waals surface area contributed by atoms with Crippen LogP contribution >= 0.6 is 0 Å². The third kappa shape index (κ3) is 5.11. The van der Waals surface area contributed by atoms with Crippen molar-refractivity contribution in [3.05, 3.63) is 114 Å². The van der Waals surface area contributed by atoms with Gasteiger partial charge in [-0.25, -0.2) is 9.07 Å². The molecule has 0 bridgehead atoms. The lowest BCUT2D eigenvalue weighted by Crippen LogP contribution is -2.45. The number of carbonyl (C=O) groups is 2. The Bertz CT molecular complexity index is 1530. The maximum Gasteiger partial charge on any atom is 0.249 e. The second kappa shape index (κ2) is 10.4. The van der Waals surface area contributed by atoms with Crippen LogP contribution in [0.25, 0.3) is 11.0 Å². The maximum absolute atomic E-state index is 13.9. The average molecular weight is 498 g/mol. The number of furan rings is 1. The summed E-state index contributed by atoms with van der Waals surface area (Å²) in [5.41, 5.74) is 3.17. The second-order valence-electron chi connectivity index (χ2n) is 8.53. The number of fused-ring (bicyclic) bond motifs is 1. The van der Waals surface area contributed by atoms with Gasteiger partial charge in [-0.15, -0.1) is 5.10 Å². The summed E-state index contributed by atoms with van der Waals surface area (Å²) in [4.78, 5) is 29.1. The molecule has 2 aromatic heterocycles. The second-order valence-corrected chi connectivity index (χ2v) is 8.53. The molecule has 0 aliphatic carbocycles. The fourth-order valence-corrected chi connectivity index (χ4v) is 4.25. The average Bonchev–Trinajstić information content (AvgIpc) is 3.58. The first-order chi connectivity index (χ1) is 18.0. The molecular weight excluding hydrogens is 473 g/mol. The zero-order valence-corrected chi connectivity index (χ0v) is 20.0. The zero-order valence-electron chi connectivity index (χ0n) is 20.0. The van der Waals surface area contributed by atoms with Crippen molar-refractivity contribution in [1.82, 2.24) is 20.3 Å². The number of nitrogens with zero attached hydrogens (tertiary/aromatic N) is 4. The maximum atomic E-state index is 13.9. The number of hydrogen-bond acceptors (Lipinski definition) is 5. The van der Waals surface area contributed by atoms with E-state index in [-0.39, 0.29) is 13.1 Å². The minimum Gasteiger partial charge on any atom is -0.467 e. The van der Waals surface area contributed by atoms with Crippen LogP contribution in [0.2, 0.25) is 0 Å². The number of hydrogen-bond donors (Lipinski definition) is 1. The SMILES string of the molecule is Cc1ccccc1C(C(=O)NCc1ccco1)N(C(=O)Cn1nnc2ccccc21)c1ccc(F)cc1. The van der Waals surface area contributed by atoms with Crippen LogP contribution in [0.3, 0.4) is 0 Å². The Morgan fingerprint density at radius 3 is 2.51 bits per heavy atom. The van der Waals surface area contributed by atoms with Crippen molar-refractivity contribution < 1.29 is 18.4 Å². The van der Waals surface area contributed by atoms with Crippen molar-refractivity contribution in [2.75, 3.05) is 4.90 Å². The van der Waals surface area contributed by atoms with Gasteiger partial charge in [0.1, 0.15) is 29.7 Å². The Morgan fingerprint density at radius 1 is 1.00 bits per heavy atom. The molecule has 0 saturated carbocycles. The van der Waals surface area contributed by atoms with E-state index in [1.165, 1.54) is 40.1 Å². The predicted molar refractivity (Wildman–Crippen MR) is 136 cm³/mol. The van der Waals surface area contributed by atoms with Gasteiger partial charge in [-0.1, -0.05) is 41.6 Å². The molecule has 3 aromatic carbocycles. The molecule has 0 saturated heterocycles. The summed E-state index contributed by atoms with van der Waals surface area (Å²) >= 11 is 0. The predicted octanol–water partition coefficient (Wildman–Crippen LogP) is 4.56. The number of rotatable bonds is 8. The fraction of sp³-hybridized carbons (Fsp3) is 0.143. The first kappa shape index (κ1) is 23.9. The summed E-state index contributed by atoms with van der Waals surface area (Å²) in [7, 11) is 0. The minimum absolute atomic E-state index is 0.146. The Morgan fingerprint density at radius 2 is 1.76 bits per heavy atom. The molecule has 37 heavy (non-hydrogen) atoms. The quantitative estimate of drug-likeness (QED) is 0.339. The number of para-hydroxylation sites is 1. The molecule has 8 nitrogen and oxygen atoms in total. The van der Waals surface area contributed by atoms with Gasteiger partial charge < -0.3 is 9.73 Å². The van der Waals surface area contributed by atoms with Gasteiger partial charge in [0.05, 0.1) is 18.3 Å². The summed E-state index contributed by atoms with van der Waals surface area (Å²) in [6.45, 7) is 1.85. The minimum atomic E-state index is -1.04. The number of carbonyl (C=O) groups excluding carboxylic acids is 2. The van der Waals surface area contributed by atoms with Gasteiger partial charge >= 0.3 is 0 Å². The smallest absolute Gasteiger partial charge is 0.249 e. The van der Waals surface area contributed by atoms with Crippen molar-refractivity contribution in [2.24, 2.45) is 0 Å². The third-order valence-corrected chi connectivity index (χ3v) is 6.09. The van der Waals surface area contributed by atoms with E-state index in [1.807, 2.05) is 43.3 Å². The Hall–Kier alpha value is -4.79. The molecule has 0 fully saturated rings. The summed E-state index contributed by atoms with van der Waals surface area (Å²) in [5.74, 6) is -0.700. The highest BCUT2D eigenvalue weighted by Crippen LogP contribution is 2.31. The van der Waals surface area contributed by atoms with Gasteiger partial charge in [-0.05, 0) is 66.6 Å². The molecule has 0 aliphatic heterocycles. The van der Waals surface area contributed by atoms with Crippen LogP contribution in [0.15, 0.2) is 95.6 Å². The summed E-state index contributed by atoms with van der Waals surface area (Å²) in [6, 6.07) is 22.6. The lowest BCUT2D eigenvalue weighted by molar-refractivity contribution is -0.127. The van der Waals surface area contributed by atoms with Gasteiger partial charge in [-0.2, -0.15) is 0 Å². The third-order valence-electron chi connectivity index (χ3n) is 6.09. The molecule has 186 valence electrons. The van der Waals surface area contributed by atoms with Crippen LogP contribution in [0.1, 0.15) is 22.9 Å². The first-order valence-corrected chi connectivity index (χ1v) is 11.7. The number of amides is 2. The number of nitrogens with one attached hydrogen (secondary N) is 1. The molecule has 2 amide bonds. The molecular formula is C28H24FN5O3. The monoisotopic (exact) mass is 497 g/mol. The van der Waals surface area contributed by atoms with Gasteiger partial charge in [-0.3, -0.25) is 14.5 Å². The topological polar surface area (TPSA) is 93.3 Å². The van der Waals surface area contributed by atoms with Gasteiger partial charge in [0.25, 0.3) is 0 Å². The summed E-state index contributed by atoms with van der Waals surface area (Å²) in [5, 5.41) is 11.1. The zero-order chi connectivity index (χ0) is 25.8. The van der Waals surface area contributed by atoms with Gasteiger partial charge in [0.2, 0.25) is 11.8 Å². The van der Waals surface area contributed by atoms with Crippen molar-refractivity contribution in [2.45, 2.75) is 26.1 Å². The number of benzene rings is 3. The van der Waals surface area contributed by atoms with E-state index in [0.717, 1.165) is 5.56 Å². The Kier molecular flexibility index (Phi) is 6.76. The molecule has 2 heterocycles. The molecule has 0 spiro atoms. The van der Waals surface area contributed by atoms with Crippen molar-refractivity contribution in [1.29, 1.82) is 0 Å². The summed E-state index contributed by atoms with van der Waals surface area (Å²) < 4.78 is 20.7. The normalized spacial score (nSPS) is 11.8. The number of halogens is 1. The molecule has 1 N–H and O–H groups in total. The van der Waals surface area contributed by atoms with E-state index in [0.29, 0.717) is 28.0 Å². The highest BCUT2D eigenvalue weighted by Gasteiger charge is 2.34. The van der Waals surface area contributed by atoms with E-state index in [4.69, 9.17) is 4.42 Å². The highest BCUT2D eigenvalue weighted by molar-refractivity contribution is 6.01. The Balaban J connectivity index is 1.57. The van der Waals surface area contributed by atoms with Crippen LogP contribution < -0.4 is 10.2 Å². The molecule has 0 aliphatic rings. The Labute approximate surface area is 212 Å². The van der Waals surface area contributed by atoms with E-state index in [2.05, 4.69) is 15.6 Å². The number of anilines is 1. The molecule has 1 atom stereocenters. The van der Waals surface area contributed by atoms with Crippen molar-refractivity contribution in [3.8, 4) is 0 Å².